The van der Waals surface area contributed by atoms with Gasteiger partial charge in [0.05, 0.1) is 13.7 Å². The molecule has 1 amide bonds. The smallest absolute Gasteiger partial charge is 0.244 e. The third kappa shape index (κ3) is 6.42. The number of hydrogen-bond acceptors (Lipinski definition) is 5. The van der Waals surface area contributed by atoms with Gasteiger partial charge in [0.15, 0.2) is 23.1 Å². The lowest BCUT2D eigenvalue weighted by Crippen LogP contribution is -2.44. The fraction of sp³-hybridized carbons (Fsp3) is 0.560. The van der Waals surface area contributed by atoms with E-state index >= 15 is 0 Å². The molecule has 0 aliphatic heterocycles. The molecule has 6 nitrogen and oxygen atoms in total. The first-order valence-electron chi connectivity index (χ1n) is 11.4. The van der Waals surface area contributed by atoms with E-state index in [0.29, 0.717) is 36.9 Å². The lowest BCUT2D eigenvalue weighted by molar-refractivity contribution is -0.141. The van der Waals surface area contributed by atoms with E-state index in [0.717, 1.165) is 44.1 Å². The van der Waals surface area contributed by atoms with E-state index in [4.69, 9.17) is 9.47 Å². The number of benzene rings is 1. The van der Waals surface area contributed by atoms with Gasteiger partial charge >= 0.3 is 0 Å². The van der Waals surface area contributed by atoms with Crippen LogP contribution in [0.5, 0.6) is 11.5 Å². The van der Waals surface area contributed by atoms with Gasteiger partial charge in [-0.3, -0.25) is 14.4 Å². The summed E-state index contributed by atoms with van der Waals surface area (Å²) < 4.78 is 11.2. The maximum Gasteiger partial charge on any atom is 0.244 e. The number of methoxy groups -OCH3 is 1. The van der Waals surface area contributed by atoms with E-state index in [1.54, 1.807) is 13.2 Å². The third-order valence-corrected chi connectivity index (χ3v) is 6.31. The van der Waals surface area contributed by atoms with Crippen LogP contribution in [0.15, 0.2) is 24.3 Å². The molecule has 1 N–H and O–H groups in total. The molecule has 0 bridgehead atoms. The van der Waals surface area contributed by atoms with E-state index in [1.807, 2.05) is 18.2 Å². The van der Waals surface area contributed by atoms with Crippen molar-refractivity contribution in [1.29, 1.82) is 0 Å². The molecule has 1 aromatic carbocycles. The average molecular weight is 428 g/mol. The van der Waals surface area contributed by atoms with Gasteiger partial charge in [-0.15, -0.1) is 0 Å². The Morgan fingerprint density at radius 1 is 1.10 bits per heavy atom. The normalized spacial score (nSPS) is 23.5. The zero-order valence-corrected chi connectivity index (χ0v) is 18.5. The Morgan fingerprint density at radius 3 is 2.61 bits per heavy atom. The quantitative estimate of drug-likeness (QED) is 0.364. The van der Waals surface area contributed by atoms with Crippen molar-refractivity contribution in [2.24, 2.45) is 11.8 Å². The summed E-state index contributed by atoms with van der Waals surface area (Å²) in [6.45, 7) is 2.79. The summed E-state index contributed by atoms with van der Waals surface area (Å²) in [5, 5.41) is 3.06. The second kappa shape index (κ2) is 11.1. The number of hydrogen-bond donors (Lipinski definition) is 1. The van der Waals surface area contributed by atoms with E-state index in [2.05, 4.69) is 12.2 Å². The second-order valence-corrected chi connectivity index (χ2v) is 8.59. The molecule has 3 unspecified atom stereocenters. The van der Waals surface area contributed by atoms with Crippen LogP contribution in [0.1, 0.15) is 63.9 Å². The Balaban J connectivity index is 1.53. The molecule has 1 aromatic rings. The summed E-state index contributed by atoms with van der Waals surface area (Å²) in [7, 11) is 1.61. The predicted molar refractivity (Wildman–Crippen MR) is 119 cm³/mol. The molecule has 0 heterocycles. The highest BCUT2D eigenvalue weighted by Crippen LogP contribution is 2.38. The number of ether oxygens (including phenoxy) is 2. The van der Waals surface area contributed by atoms with Crippen LogP contribution in [-0.4, -0.2) is 37.2 Å². The number of carbonyl (C=O) groups excluding carboxylic acids is 3. The van der Waals surface area contributed by atoms with Gasteiger partial charge in [0, 0.05) is 25.0 Å². The minimum atomic E-state index is -0.250. The van der Waals surface area contributed by atoms with Gasteiger partial charge in [-0.2, -0.15) is 0 Å². The fourth-order valence-corrected chi connectivity index (χ4v) is 4.55. The molecular formula is C25H33NO5. The monoisotopic (exact) mass is 427 g/mol. The van der Waals surface area contributed by atoms with Gasteiger partial charge in [-0.05, 0) is 61.3 Å². The van der Waals surface area contributed by atoms with Crippen LogP contribution in [0, 0.1) is 11.8 Å². The van der Waals surface area contributed by atoms with Crippen LogP contribution < -0.4 is 14.8 Å². The molecule has 2 saturated carbocycles. The van der Waals surface area contributed by atoms with Gasteiger partial charge in [0.25, 0.3) is 0 Å². The molecule has 31 heavy (non-hydrogen) atoms. The number of amides is 1. The van der Waals surface area contributed by atoms with Crippen molar-refractivity contribution in [3.63, 3.8) is 0 Å². The largest absolute Gasteiger partial charge is 0.493 e. The van der Waals surface area contributed by atoms with E-state index in [1.165, 1.54) is 6.08 Å². The van der Waals surface area contributed by atoms with E-state index in [9.17, 15) is 14.4 Å². The minimum absolute atomic E-state index is 0.0488. The van der Waals surface area contributed by atoms with Crippen molar-refractivity contribution < 1.29 is 23.9 Å². The summed E-state index contributed by atoms with van der Waals surface area (Å²) in [5.41, 5.74) is 0.863. The van der Waals surface area contributed by atoms with Crippen molar-refractivity contribution >= 4 is 23.5 Å². The summed E-state index contributed by atoms with van der Waals surface area (Å²) in [6.07, 6.45) is 9.75. The first-order chi connectivity index (χ1) is 15.0. The van der Waals surface area contributed by atoms with Gasteiger partial charge in [0.2, 0.25) is 5.91 Å². The second-order valence-electron chi connectivity index (χ2n) is 8.59. The Morgan fingerprint density at radius 2 is 1.87 bits per heavy atom. The van der Waals surface area contributed by atoms with Gasteiger partial charge in [-0.25, -0.2) is 0 Å². The highest BCUT2D eigenvalue weighted by Gasteiger charge is 2.39. The zero-order valence-electron chi connectivity index (χ0n) is 18.5. The van der Waals surface area contributed by atoms with Crippen LogP contribution in [0.3, 0.4) is 0 Å². The maximum absolute atomic E-state index is 12.4. The van der Waals surface area contributed by atoms with E-state index < -0.39 is 0 Å². The molecule has 0 spiro atoms. The summed E-state index contributed by atoms with van der Waals surface area (Å²) in [5.74, 6) is 1.24. The van der Waals surface area contributed by atoms with Crippen LogP contribution >= 0.6 is 0 Å². The van der Waals surface area contributed by atoms with Gasteiger partial charge < -0.3 is 14.8 Å². The molecule has 2 aliphatic carbocycles. The molecule has 2 aliphatic rings. The van der Waals surface area contributed by atoms with Crippen molar-refractivity contribution in [2.75, 3.05) is 13.7 Å². The summed E-state index contributed by atoms with van der Waals surface area (Å²) in [6, 6.07) is 5.66. The molecule has 0 aromatic heterocycles. The topological polar surface area (TPSA) is 81.7 Å². The van der Waals surface area contributed by atoms with Crippen molar-refractivity contribution in [3.8, 4) is 11.5 Å². The number of Topliss-reactive ketones (excluding diaryl/α,β-unsaturated/α-hetero) is 2. The molecule has 0 saturated heterocycles. The first kappa shape index (κ1) is 23.0. The molecule has 0 radical (unpaired) electrons. The van der Waals surface area contributed by atoms with Crippen LogP contribution in [-0.2, 0) is 14.4 Å². The zero-order chi connectivity index (χ0) is 22.2. The molecule has 3 rings (SSSR count). The summed E-state index contributed by atoms with van der Waals surface area (Å²) in [4.78, 5) is 35.8. The average Bonchev–Trinajstić information content (AvgIpc) is 2.76. The van der Waals surface area contributed by atoms with Crippen LogP contribution in [0.4, 0.5) is 0 Å². The Bertz CT molecular complexity index is 831. The van der Waals surface area contributed by atoms with Crippen LogP contribution in [0.25, 0.3) is 6.08 Å². The van der Waals surface area contributed by atoms with Gasteiger partial charge in [0.1, 0.15) is 0 Å². The summed E-state index contributed by atoms with van der Waals surface area (Å²) >= 11 is 0. The maximum atomic E-state index is 12.4. The highest BCUT2D eigenvalue weighted by atomic mass is 16.5. The van der Waals surface area contributed by atoms with Crippen molar-refractivity contribution in [2.45, 2.75) is 64.3 Å². The number of carbonyl (C=O) groups is 3. The standard InChI is InChI=1S/C25H33NO5/c1-3-4-5-12-31-24-13-17(6-10-23(24)30-2)7-11-25(29)26-20-9-8-18-15-21(27)22(28)16-19(18)14-20/h6-7,10-11,13,18-20H,3-5,8-9,12,14-16H2,1-2H3,(H,26,29). The molecule has 2 fully saturated rings. The van der Waals surface area contributed by atoms with Crippen molar-refractivity contribution in [1.82, 2.24) is 5.32 Å². The molecule has 3 atom stereocenters. The third-order valence-electron chi connectivity index (χ3n) is 6.31. The SMILES string of the molecule is CCCCCOc1cc(C=CC(=O)NC2CCC3CC(=O)C(=O)CC3C2)ccc1OC. The highest BCUT2D eigenvalue weighted by molar-refractivity contribution is 6.37. The lowest BCUT2D eigenvalue weighted by atomic mass is 9.68. The fourth-order valence-electron chi connectivity index (χ4n) is 4.55. The Kier molecular flexibility index (Phi) is 8.27. The number of rotatable bonds is 9. The lowest BCUT2D eigenvalue weighted by Gasteiger charge is -2.38. The Labute approximate surface area is 184 Å². The molecule has 6 heteroatoms. The minimum Gasteiger partial charge on any atom is -0.493 e. The number of nitrogens with one attached hydrogen (secondary N) is 1. The first-order valence-corrected chi connectivity index (χ1v) is 11.4. The van der Waals surface area contributed by atoms with E-state index in [-0.39, 0.29) is 29.4 Å². The number of unbranched alkanes of at least 4 members (excludes halogenated alkanes) is 2. The van der Waals surface area contributed by atoms with Crippen LogP contribution in [0.2, 0.25) is 0 Å². The molecule has 168 valence electrons. The predicted octanol–water partition coefficient (Wildman–Crippen LogP) is 4.11. The number of ketones is 2. The Hall–Kier alpha value is -2.63. The van der Waals surface area contributed by atoms with Crippen molar-refractivity contribution in [3.05, 3.63) is 29.8 Å². The number of fused-ring (bicyclic) bond motifs is 1. The molecular weight excluding hydrogens is 394 g/mol. The van der Waals surface area contributed by atoms with Gasteiger partial charge in [-0.1, -0.05) is 25.8 Å².